The number of rotatable bonds is 8. The molecule has 0 N–H and O–H groups in total. The highest BCUT2D eigenvalue weighted by molar-refractivity contribution is 6.76. The molecule has 9 heteroatoms. The van der Waals surface area contributed by atoms with Gasteiger partial charge in [0.2, 0.25) is 0 Å². The molecule has 0 spiro atoms. The first-order valence-electron chi connectivity index (χ1n) is 14.2. The molecular formula is C32H40N4O4Si. The van der Waals surface area contributed by atoms with Gasteiger partial charge in [0.05, 0.1) is 5.39 Å². The standard InChI is InChI=1S/C32H40N4O4Si/c1-32(2,3)40-31(37)35-16-12-23-7-8-26(19-25(23)20-35)39-28-11-15-34-30-29(28)27(24-9-13-33-14-10-24)21-36(30)22-38-17-18-41(4,5)6/h7-11,13-15,19,21H,12,16-18,20,22H2,1-6H3. The zero-order valence-electron chi connectivity index (χ0n) is 24.9. The third kappa shape index (κ3) is 7.15. The Balaban J connectivity index is 1.43. The summed E-state index contributed by atoms with van der Waals surface area (Å²) in [5.74, 6) is 1.42. The zero-order valence-corrected chi connectivity index (χ0v) is 25.9. The van der Waals surface area contributed by atoms with E-state index in [2.05, 4.69) is 36.9 Å². The van der Waals surface area contributed by atoms with Crippen molar-refractivity contribution in [2.45, 2.75) is 71.8 Å². The lowest BCUT2D eigenvalue weighted by molar-refractivity contribution is 0.0224. The van der Waals surface area contributed by atoms with Gasteiger partial charge in [0, 0.05) is 58.1 Å². The molecule has 5 rings (SSSR count). The van der Waals surface area contributed by atoms with E-state index >= 15 is 0 Å². The normalized spacial score (nSPS) is 13.8. The number of ether oxygens (including phenoxy) is 3. The minimum absolute atomic E-state index is 0.291. The number of amides is 1. The smallest absolute Gasteiger partial charge is 0.410 e. The van der Waals surface area contributed by atoms with Gasteiger partial charge in [-0.25, -0.2) is 9.78 Å². The SMILES string of the molecule is CC(C)(C)OC(=O)N1CCc2ccc(Oc3ccnc4c3c(-c3ccncc3)cn4COCC[Si](C)(C)C)cc2C1. The molecule has 3 aromatic heterocycles. The van der Waals surface area contributed by atoms with E-state index in [4.69, 9.17) is 19.2 Å². The highest BCUT2D eigenvalue weighted by atomic mass is 28.3. The van der Waals surface area contributed by atoms with Crippen LogP contribution in [0.2, 0.25) is 25.7 Å². The first-order valence-corrected chi connectivity index (χ1v) is 17.9. The summed E-state index contributed by atoms with van der Waals surface area (Å²) in [5, 5.41) is 0.917. The molecule has 0 aliphatic carbocycles. The molecule has 1 aromatic carbocycles. The van der Waals surface area contributed by atoms with Crippen molar-refractivity contribution >= 4 is 25.2 Å². The maximum Gasteiger partial charge on any atom is 0.410 e. The van der Waals surface area contributed by atoms with Gasteiger partial charge >= 0.3 is 6.09 Å². The van der Waals surface area contributed by atoms with Crippen molar-refractivity contribution in [3.8, 4) is 22.6 Å². The second kappa shape index (κ2) is 11.7. The number of fused-ring (bicyclic) bond motifs is 2. The van der Waals surface area contributed by atoms with Crippen LogP contribution in [0.25, 0.3) is 22.2 Å². The second-order valence-electron chi connectivity index (χ2n) is 12.8. The average Bonchev–Trinajstić information content (AvgIpc) is 3.29. The van der Waals surface area contributed by atoms with Gasteiger partial charge in [-0.15, -0.1) is 0 Å². The fraction of sp³-hybridized carbons (Fsp3) is 0.406. The van der Waals surface area contributed by atoms with E-state index in [-0.39, 0.29) is 6.09 Å². The number of pyridine rings is 2. The number of carbonyl (C=O) groups excluding carboxylic acids is 1. The fourth-order valence-corrected chi connectivity index (χ4v) is 5.62. The second-order valence-corrected chi connectivity index (χ2v) is 18.4. The minimum atomic E-state index is -1.19. The molecule has 1 aliphatic heterocycles. The number of benzene rings is 1. The maximum absolute atomic E-state index is 12.7. The Labute approximate surface area is 243 Å². The summed E-state index contributed by atoms with van der Waals surface area (Å²) in [5.41, 5.74) is 4.59. The van der Waals surface area contributed by atoms with Crippen molar-refractivity contribution in [2.75, 3.05) is 13.2 Å². The van der Waals surface area contributed by atoms with Gasteiger partial charge in [-0.2, -0.15) is 0 Å². The van der Waals surface area contributed by atoms with Gasteiger partial charge < -0.3 is 23.7 Å². The third-order valence-electron chi connectivity index (χ3n) is 7.01. The van der Waals surface area contributed by atoms with E-state index in [0.29, 0.717) is 31.3 Å². The predicted molar refractivity (Wildman–Crippen MR) is 164 cm³/mol. The monoisotopic (exact) mass is 572 g/mol. The lowest BCUT2D eigenvalue weighted by Crippen LogP contribution is -2.39. The van der Waals surface area contributed by atoms with Crippen molar-refractivity contribution in [1.82, 2.24) is 19.4 Å². The zero-order chi connectivity index (χ0) is 29.2. The molecule has 4 aromatic rings. The summed E-state index contributed by atoms with van der Waals surface area (Å²) in [6.45, 7) is 15.0. The molecule has 0 atom stereocenters. The molecule has 4 heterocycles. The van der Waals surface area contributed by atoms with E-state index in [0.717, 1.165) is 46.8 Å². The molecule has 216 valence electrons. The molecule has 1 aliphatic rings. The average molecular weight is 573 g/mol. The molecule has 0 fully saturated rings. The number of carbonyl (C=O) groups is 1. The first kappa shape index (κ1) is 28.8. The third-order valence-corrected chi connectivity index (χ3v) is 8.71. The molecule has 0 saturated carbocycles. The van der Waals surface area contributed by atoms with Crippen LogP contribution in [0, 0.1) is 0 Å². The molecule has 1 amide bonds. The Morgan fingerprint density at radius 1 is 1.02 bits per heavy atom. The van der Waals surface area contributed by atoms with Crippen molar-refractivity contribution in [3.63, 3.8) is 0 Å². The fourth-order valence-electron chi connectivity index (χ4n) is 4.87. The van der Waals surface area contributed by atoms with Crippen molar-refractivity contribution in [3.05, 3.63) is 72.3 Å². The largest absolute Gasteiger partial charge is 0.457 e. The molecule has 8 nitrogen and oxygen atoms in total. The molecule has 0 unspecified atom stereocenters. The first-order chi connectivity index (χ1) is 19.5. The van der Waals surface area contributed by atoms with Crippen molar-refractivity contribution in [2.24, 2.45) is 0 Å². The van der Waals surface area contributed by atoms with Gasteiger partial charge in [0.25, 0.3) is 0 Å². The molecule has 0 bridgehead atoms. The summed E-state index contributed by atoms with van der Waals surface area (Å²) >= 11 is 0. The highest BCUT2D eigenvalue weighted by Crippen LogP contribution is 2.38. The molecular weight excluding hydrogens is 532 g/mol. The minimum Gasteiger partial charge on any atom is -0.457 e. The summed E-state index contributed by atoms with van der Waals surface area (Å²) in [6, 6.07) is 13.1. The van der Waals surface area contributed by atoms with Crippen LogP contribution >= 0.6 is 0 Å². The van der Waals surface area contributed by atoms with Crippen LogP contribution in [0.15, 0.2) is 61.2 Å². The van der Waals surface area contributed by atoms with Crippen LogP contribution < -0.4 is 4.74 Å². The summed E-state index contributed by atoms with van der Waals surface area (Å²) in [6.07, 6.45) is 7.93. The van der Waals surface area contributed by atoms with Gasteiger partial charge in [-0.3, -0.25) is 4.98 Å². The number of hydrogen-bond acceptors (Lipinski definition) is 6. The van der Waals surface area contributed by atoms with Gasteiger partial charge in [0.15, 0.2) is 0 Å². The Kier molecular flexibility index (Phi) is 8.20. The number of nitrogens with zero attached hydrogens (tertiary/aromatic N) is 4. The highest BCUT2D eigenvalue weighted by Gasteiger charge is 2.26. The Hall–Kier alpha value is -3.69. The van der Waals surface area contributed by atoms with Crippen molar-refractivity contribution in [1.29, 1.82) is 0 Å². The van der Waals surface area contributed by atoms with Gasteiger partial charge in [-0.1, -0.05) is 25.7 Å². The van der Waals surface area contributed by atoms with Gasteiger partial charge in [-0.05, 0) is 80.3 Å². The van der Waals surface area contributed by atoms with Crippen LogP contribution in [0.5, 0.6) is 11.5 Å². The molecule has 0 saturated heterocycles. The topological polar surface area (TPSA) is 78.7 Å². The van der Waals surface area contributed by atoms with E-state index in [9.17, 15) is 4.79 Å². The lowest BCUT2D eigenvalue weighted by atomic mass is 10.00. The van der Waals surface area contributed by atoms with E-state index in [1.54, 1.807) is 23.5 Å². The Morgan fingerprint density at radius 3 is 2.54 bits per heavy atom. The van der Waals surface area contributed by atoms with Crippen molar-refractivity contribution < 1.29 is 19.0 Å². The maximum atomic E-state index is 12.7. The Morgan fingerprint density at radius 2 is 1.80 bits per heavy atom. The predicted octanol–water partition coefficient (Wildman–Crippen LogP) is 7.50. The van der Waals surface area contributed by atoms with Crippen LogP contribution in [0.4, 0.5) is 4.79 Å². The summed E-state index contributed by atoms with van der Waals surface area (Å²) < 4.78 is 20.3. The quantitative estimate of drug-likeness (QED) is 0.161. The van der Waals surface area contributed by atoms with E-state index in [1.165, 1.54) is 5.56 Å². The summed E-state index contributed by atoms with van der Waals surface area (Å²) in [7, 11) is -1.19. The number of aromatic nitrogens is 3. The molecule has 41 heavy (non-hydrogen) atoms. The van der Waals surface area contributed by atoms with Crippen LogP contribution in [-0.4, -0.2) is 52.4 Å². The Bertz CT molecular complexity index is 1520. The van der Waals surface area contributed by atoms with Crippen LogP contribution in [0.3, 0.4) is 0 Å². The van der Waals surface area contributed by atoms with E-state index < -0.39 is 13.7 Å². The molecule has 0 radical (unpaired) electrons. The van der Waals surface area contributed by atoms with Crippen LogP contribution in [-0.2, 0) is 29.2 Å². The lowest BCUT2D eigenvalue weighted by Gasteiger charge is -2.31. The van der Waals surface area contributed by atoms with Crippen LogP contribution in [0.1, 0.15) is 31.9 Å². The number of hydrogen-bond donors (Lipinski definition) is 0. The van der Waals surface area contributed by atoms with Gasteiger partial charge in [0.1, 0.15) is 29.5 Å². The van der Waals surface area contributed by atoms with E-state index in [1.807, 2.05) is 55.7 Å². The summed E-state index contributed by atoms with van der Waals surface area (Å²) in [4.78, 5) is 23.4.